The van der Waals surface area contributed by atoms with E-state index in [9.17, 15) is 14.6 Å². The Hall–Kier alpha value is -1.29. The third-order valence-corrected chi connectivity index (χ3v) is 2.38. The fourth-order valence-electron chi connectivity index (χ4n) is 1.48. The minimum atomic E-state index is -0.727. The summed E-state index contributed by atoms with van der Waals surface area (Å²) < 4.78 is 13.4. The van der Waals surface area contributed by atoms with Crippen molar-refractivity contribution in [3.63, 3.8) is 0 Å². The van der Waals surface area contributed by atoms with Gasteiger partial charge in [-0.05, 0) is 49.9 Å². The summed E-state index contributed by atoms with van der Waals surface area (Å²) in [6.45, 7) is 2.20. The minimum Gasteiger partial charge on any atom is -0.504 e. The van der Waals surface area contributed by atoms with Gasteiger partial charge in [-0.3, -0.25) is 0 Å². The zero-order chi connectivity index (χ0) is 11.4. The molecule has 1 aromatic rings. The standard InChI is InChI=1S/C11H16FNO2/c1-7-6-8(4-2-3-5-13)9(12)11(15)10(7)14/h6,14-15H,2-5,13H2,1H3. The molecule has 4 N–H and O–H groups in total. The number of aryl methyl sites for hydroxylation is 2. The molecule has 0 saturated heterocycles. The Morgan fingerprint density at radius 2 is 1.93 bits per heavy atom. The number of hydrogen-bond donors (Lipinski definition) is 3. The van der Waals surface area contributed by atoms with E-state index < -0.39 is 11.6 Å². The quantitative estimate of drug-likeness (QED) is 0.528. The average Bonchev–Trinajstić information content (AvgIpc) is 2.23. The number of phenolic OH excluding ortho intramolecular Hbond substituents is 2. The number of rotatable bonds is 4. The Kier molecular flexibility index (Phi) is 3.91. The molecule has 0 aliphatic heterocycles. The van der Waals surface area contributed by atoms with Crippen LogP contribution >= 0.6 is 0 Å². The highest BCUT2D eigenvalue weighted by atomic mass is 19.1. The number of benzene rings is 1. The molecule has 0 heterocycles. The monoisotopic (exact) mass is 213 g/mol. The summed E-state index contributed by atoms with van der Waals surface area (Å²) in [6, 6.07) is 1.56. The van der Waals surface area contributed by atoms with Crippen LogP contribution in [0, 0.1) is 12.7 Å². The normalized spacial score (nSPS) is 10.6. The Balaban J connectivity index is 2.89. The summed E-state index contributed by atoms with van der Waals surface area (Å²) in [7, 11) is 0. The summed E-state index contributed by atoms with van der Waals surface area (Å²) in [5.41, 5.74) is 6.24. The molecule has 0 spiro atoms. The third-order valence-electron chi connectivity index (χ3n) is 2.38. The van der Waals surface area contributed by atoms with Crippen molar-refractivity contribution >= 4 is 0 Å². The first-order chi connectivity index (χ1) is 7.07. The van der Waals surface area contributed by atoms with Gasteiger partial charge in [0.25, 0.3) is 0 Å². The van der Waals surface area contributed by atoms with Crippen molar-refractivity contribution in [2.75, 3.05) is 6.54 Å². The fraction of sp³-hybridized carbons (Fsp3) is 0.455. The molecule has 0 fully saturated rings. The van der Waals surface area contributed by atoms with Crippen molar-refractivity contribution < 1.29 is 14.6 Å². The Morgan fingerprint density at radius 3 is 2.53 bits per heavy atom. The maximum Gasteiger partial charge on any atom is 0.194 e. The van der Waals surface area contributed by atoms with Crippen LogP contribution in [0.2, 0.25) is 0 Å². The first-order valence-electron chi connectivity index (χ1n) is 4.98. The average molecular weight is 213 g/mol. The molecule has 1 rings (SSSR count). The van der Waals surface area contributed by atoms with Gasteiger partial charge in [0.1, 0.15) is 0 Å². The number of hydrogen-bond acceptors (Lipinski definition) is 3. The molecule has 84 valence electrons. The largest absolute Gasteiger partial charge is 0.504 e. The molecular formula is C11H16FNO2. The second kappa shape index (κ2) is 4.98. The SMILES string of the molecule is Cc1cc(CCCCN)c(F)c(O)c1O. The lowest BCUT2D eigenvalue weighted by Crippen LogP contribution is -2.00. The van der Waals surface area contributed by atoms with Crippen LogP contribution in [-0.2, 0) is 6.42 Å². The third kappa shape index (κ3) is 2.59. The van der Waals surface area contributed by atoms with Gasteiger partial charge in [-0.1, -0.05) is 0 Å². The molecule has 15 heavy (non-hydrogen) atoms. The van der Waals surface area contributed by atoms with Crippen molar-refractivity contribution in [1.29, 1.82) is 0 Å². The topological polar surface area (TPSA) is 66.5 Å². The highest BCUT2D eigenvalue weighted by molar-refractivity contribution is 5.48. The minimum absolute atomic E-state index is 0.380. The lowest BCUT2D eigenvalue weighted by Gasteiger charge is -2.08. The smallest absolute Gasteiger partial charge is 0.194 e. The van der Waals surface area contributed by atoms with Gasteiger partial charge in [-0.15, -0.1) is 0 Å². The lowest BCUT2D eigenvalue weighted by molar-refractivity contribution is 0.374. The summed E-state index contributed by atoms with van der Waals surface area (Å²) >= 11 is 0. The summed E-state index contributed by atoms with van der Waals surface area (Å²) in [4.78, 5) is 0. The van der Waals surface area contributed by atoms with Crippen LogP contribution in [0.4, 0.5) is 4.39 Å². The van der Waals surface area contributed by atoms with Gasteiger partial charge in [-0.2, -0.15) is 0 Å². The summed E-state index contributed by atoms with van der Waals surface area (Å²) in [5, 5.41) is 18.5. The van der Waals surface area contributed by atoms with Crippen molar-refractivity contribution in [1.82, 2.24) is 0 Å². The number of nitrogens with two attached hydrogens (primary N) is 1. The second-order valence-electron chi connectivity index (χ2n) is 3.61. The van der Waals surface area contributed by atoms with Crippen LogP contribution in [0.15, 0.2) is 6.07 Å². The van der Waals surface area contributed by atoms with E-state index in [4.69, 9.17) is 5.73 Å². The van der Waals surface area contributed by atoms with E-state index in [0.29, 0.717) is 24.1 Å². The molecule has 0 bridgehead atoms. The number of aromatic hydroxyl groups is 2. The fourth-order valence-corrected chi connectivity index (χ4v) is 1.48. The van der Waals surface area contributed by atoms with E-state index in [1.807, 2.05) is 0 Å². The zero-order valence-electron chi connectivity index (χ0n) is 8.76. The van der Waals surface area contributed by atoms with Crippen molar-refractivity contribution in [2.24, 2.45) is 5.73 Å². The Morgan fingerprint density at radius 1 is 1.27 bits per heavy atom. The van der Waals surface area contributed by atoms with E-state index in [1.165, 1.54) is 0 Å². The molecule has 4 heteroatoms. The van der Waals surface area contributed by atoms with Gasteiger partial charge in [0.15, 0.2) is 17.3 Å². The van der Waals surface area contributed by atoms with Crippen LogP contribution in [0.1, 0.15) is 24.0 Å². The van der Waals surface area contributed by atoms with Crippen LogP contribution < -0.4 is 5.73 Å². The van der Waals surface area contributed by atoms with Crippen LogP contribution in [-0.4, -0.2) is 16.8 Å². The number of phenols is 2. The molecule has 0 saturated carbocycles. The van der Waals surface area contributed by atoms with Gasteiger partial charge in [-0.25, -0.2) is 4.39 Å². The number of unbranched alkanes of at least 4 members (excludes halogenated alkanes) is 1. The Bertz CT molecular complexity index is 353. The molecule has 0 amide bonds. The molecular weight excluding hydrogens is 197 g/mol. The van der Waals surface area contributed by atoms with Crippen molar-refractivity contribution in [2.45, 2.75) is 26.2 Å². The first-order valence-corrected chi connectivity index (χ1v) is 4.98. The predicted octanol–water partition coefficient (Wildman–Crippen LogP) is 1.83. The van der Waals surface area contributed by atoms with E-state index in [2.05, 4.69) is 0 Å². The van der Waals surface area contributed by atoms with Gasteiger partial charge < -0.3 is 15.9 Å². The predicted molar refractivity (Wildman–Crippen MR) is 56.5 cm³/mol. The Labute approximate surface area is 88.4 Å². The van der Waals surface area contributed by atoms with Gasteiger partial charge >= 0.3 is 0 Å². The zero-order valence-corrected chi connectivity index (χ0v) is 8.76. The summed E-state index contributed by atoms with van der Waals surface area (Å²) in [5.74, 6) is -1.76. The van der Waals surface area contributed by atoms with Gasteiger partial charge in [0.2, 0.25) is 0 Å². The molecule has 0 atom stereocenters. The van der Waals surface area contributed by atoms with Crippen LogP contribution in [0.25, 0.3) is 0 Å². The van der Waals surface area contributed by atoms with E-state index >= 15 is 0 Å². The number of halogens is 1. The highest BCUT2D eigenvalue weighted by Crippen LogP contribution is 2.33. The highest BCUT2D eigenvalue weighted by Gasteiger charge is 2.14. The van der Waals surface area contributed by atoms with Crippen LogP contribution in [0.5, 0.6) is 11.5 Å². The maximum absolute atomic E-state index is 13.4. The molecule has 0 unspecified atom stereocenters. The van der Waals surface area contributed by atoms with E-state index in [0.717, 1.165) is 12.8 Å². The van der Waals surface area contributed by atoms with E-state index in [-0.39, 0.29) is 5.75 Å². The second-order valence-corrected chi connectivity index (χ2v) is 3.61. The van der Waals surface area contributed by atoms with Crippen molar-refractivity contribution in [3.8, 4) is 11.5 Å². The molecule has 1 aromatic carbocycles. The molecule has 0 aliphatic rings. The van der Waals surface area contributed by atoms with Crippen molar-refractivity contribution in [3.05, 3.63) is 23.0 Å². The molecule has 0 aliphatic carbocycles. The molecule has 3 nitrogen and oxygen atoms in total. The van der Waals surface area contributed by atoms with Gasteiger partial charge in [0.05, 0.1) is 0 Å². The maximum atomic E-state index is 13.4. The van der Waals surface area contributed by atoms with Crippen LogP contribution in [0.3, 0.4) is 0 Å². The molecule has 0 radical (unpaired) electrons. The van der Waals surface area contributed by atoms with Gasteiger partial charge in [0, 0.05) is 0 Å². The van der Waals surface area contributed by atoms with E-state index in [1.54, 1.807) is 13.0 Å². The summed E-state index contributed by atoms with van der Waals surface area (Å²) in [6.07, 6.45) is 2.12. The molecule has 0 aromatic heterocycles. The first kappa shape index (κ1) is 11.8. The lowest BCUT2D eigenvalue weighted by atomic mass is 10.0.